The summed E-state index contributed by atoms with van der Waals surface area (Å²) in [7, 11) is -0.601. The molecule has 0 aliphatic carbocycles. The maximum Gasteiger partial charge on any atom is 0.256 e. The van der Waals surface area contributed by atoms with Crippen molar-refractivity contribution in [1.29, 1.82) is 0 Å². The molecule has 16 aromatic rings. The number of hydrogen-bond donors (Lipinski definition) is 0. The van der Waals surface area contributed by atoms with E-state index in [-0.39, 0.29) is 6.71 Å². The van der Waals surface area contributed by atoms with Crippen LogP contribution in [0.25, 0.3) is 0 Å². The molecular formula is C126H153B3N3O4PS2. The molecule has 16 aromatic carbocycles. The first-order valence-corrected chi connectivity index (χ1v) is 54.9. The highest BCUT2D eigenvalue weighted by Crippen LogP contribution is 2.53. The molecule has 0 unspecified atom stereocenters. The normalized spacial score (nSPS) is 11.2. The predicted octanol–water partition coefficient (Wildman–Crippen LogP) is 33.8. The van der Waals surface area contributed by atoms with E-state index in [2.05, 4.69) is 348 Å². The third kappa shape index (κ3) is 25.6. The van der Waals surface area contributed by atoms with Gasteiger partial charge in [0.25, 0.3) is 13.4 Å². The molecule has 139 heavy (non-hydrogen) atoms. The first kappa shape index (κ1) is 115. The Kier molecular flexibility index (Phi) is 51.7. The maximum atomic E-state index is 6.73. The van der Waals surface area contributed by atoms with Crippen LogP contribution in [0.15, 0.2) is 402 Å². The van der Waals surface area contributed by atoms with Gasteiger partial charge in [0, 0.05) is 95.4 Å². The average molecular weight is 1900 g/mol. The Morgan fingerprint density at radius 1 is 0.201 bits per heavy atom. The lowest BCUT2D eigenvalue weighted by Crippen LogP contribution is -2.59. The van der Waals surface area contributed by atoms with E-state index in [1.165, 1.54) is 107 Å². The van der Waals surface area contributed by atoms with Crippen molar-refractivity contribution in [3.63, 3.8) is 0 Å². The van der Waals surface area contributed by atoms with Crippen LogP contribution in [0.3, 0.4) is 0 Å². The molecule has 0 atom stereocenters. The van der Waals surface area contributed by atoms with Gasteiger partial charge in [-0.15, -0.1) is 0 Å². The second kappa shape index (κ2) is 62.4. The molecule has 24 rings (SSSR count). The molecule has 7 nitrogen and oxygen atoms in total. The lowest BCUT2D eigenvalue weighted by Gasteiger charge is -2.40. The Morgan fingerprint density at radius 3 is 0.935 bits per heavy atom. The molecule has 13 heteroatoms. The quantitative estimate of drug-likeness (QED) is 0.124. The van der Waals surface area contributed by atoms with Crippen molar-refractivity contribution >= 4 is 168 Å². The van der Waals surface area contributed by atoms with Crippen LogP contribution in [0.2, 0.25) is 0 Å². The van der Waals surface area contributed by atoms with Crippen molar-refractivity contribution in [3.05, 3.63) is 382 Å². The molecule has 0 N–H and O–H groups in total. The zero-order valence-corrected chi connectivity index (χ0v) is 91.4. The number of nitrogens with zero attached hydrogens (tertiary/aromatic N) is 3. The Morgan fingerprint density at radius 2 is 0.482 bits per heavy atom. The summed E-state index contributed by atoms with van der Waals surface area (Å²) >= 11 is 3.74. The number of benzene rings is 16. The van der Waals surface area contributed by atoms with Gasteiger partial charge in [-0.1, -0.05) is 473 Å². The lowest BCUT2D eigenvalue weighted by atomic mass is 9.34. The summed E-state index contributed by atoms with van der Waals surface area (Å²) in [6, 6.07) is 135. The van der Waals surface area contributed by atoms with Crippen molar-refractivity contribution in [2.75, 3.05) is 14.7 Å². The minimum absolute atomic E-state index is 0.0852. The second-order valence-electron chi connectivity index (χ2n) is 27.6. The van der Waals surface area contributed by atoms with Gasteiger partial charge in [-0.2, -0.15) is 0 Å². The number of hydrogen-bond acceptors (Lipinski definition) is 9. The van der Waals surface area contributed by atoms with Crippen molar-refractivity contribution in [3.8, 4) is 46.0 Å². The molecule has 0 aromatic heterocycles. The van der Waals surface area contributed by atoms with Gasteiger partial charge < -0.3 is 33.6 Å². The van der Waals surface area contributed by atoms with E-state index in [9.17, 15) is 0 Å². The minimum Gasteiger partial charge on any atom is -0.458 e. The Balaban J connectivity index is 0.000000266. The number of anilines is 9. The van der Waals surface area contributed by atoms with Crippen LogP contribution >= 0.6 is 31.4 Å². The molecule has 0 fully saturated rings. The van der Waals surface area contributed by atoms with Gasteiger partial charge in [-0.05, 0) is 184 Å². The first-order chi connectivity index (χ1) is 69.1. The second-order valence-corrected chi connectivity index (χ2v) is 31.9. The molecule has 8 heterocycles. The summed E-state index contributed by atoms with van der Waals surface area (Å²) in [5, 5.41) is 3.73. The number of fused-ring (bicyclic) bond motifs is 16. The summed E-state index contributed by atoms with van der Waals surface area (Å²) in [4.78, 5) is 12.5. The van der Waals surface area contributed by atoms with E-state index in [1.54, 1.807) is 0 Å². The van der Waals surface area contributed by atoms with Crippen LogP contribution in [-0.2, 0) is 0 Å². The van der Waals surface area contributed by atoms with Gasteiger partial charge in [0.15, 0.2) is 0 Å². The largest absolute Gasteiger partial charge is 0.458 e. The van der Waals surface area contributed by atoms with E-state index >= 15 is 0 Å². The van der Waals surface area contributed by atoms with Crippen LogP contribution in [0.5, 0.6) is 46.0 Å². The highest BCUT2D eigenvalue weighted by Gasteiger charge is 2.45. The van der Waals surface area contributed by atoms with E-state index in [1.807, 2.05) is 280 Å². The molecule has 8 aliphatic heterocycles. The highest BCUT2D eigenvalue weighted by molar-refractivity contribution is 8.00. The highest BCUT2D eigenvalue weighted by atomic mass is 32.2. The number of para-hydroxylation sites is 9. The van der Waals surface area contributed by atoms with Crippen molar-refractivity contribution in [1.82, 2.24) is 0 Å². The van der Waals surface area contributed by atoms with E-state index < -0.39 is 7.92 Å². The van der Waals surface area contributed by atoms with E-state index in [4.69, 9.17) is 18.9 Å². The van der Waals surface area contributed by atoms with Crippen molar-refractivity contribution in [2.45, 2.75) is 227 Å². The van der Waals surface area contributed by atoms with Crippen LogP contribution in [0.1, 0.15) is 208 Å². The molecule has 722 valence electrons. The van der Waals surface area contributed by atoms with Gasteiger partial charge in [-0.25, -0.2) is 0 Å². The molecule has 0 spiro atoms. The van der Waals surface area contributed by atoms with Gasteiger partial charge in [0.2, 0.25) is 6.71 Å². The fraction of sp³-hybridized carbons (Fsp3) is 0.238. The summed E-state index contributed by atoms with van der Waals surface area (Å²) in [5.74, 6) is 7.56. The Labute approximate surface area is 850 Å². The Bertz CT molecular complexity index is 5930. The molecule has 8 aliphatic rings. The molecular weight excluding hydrogens is 1750 g/mol. The average Bonchev–Trinajstić information content (AvgIpc) is 0.716. The van der Waals surface area contributed by atoms with E-state index in [0.29, 0.717) is 13.4 Å². The van der Waals surface area contributed by atoms with Gasteiger partial charge >= 0.3 is 0 Å². The van der Waals surface area contributed by atoms with Crippen LogP contribution in [0.4, 0.5) is 51.2 Å². The van der Waals surface area contributed by atoms with Gasteiger partial charge in [0.1, 0.15) is 46.0 Å². The monoisotopic (exact) mass is 1900 g/mol. The molecule has 0 saturated heterocycles. The summed E-state index contributed by atoms with van der Waals surface area (Å²) in [5.41, 5.74) is 22.5. The van der Waals surface area contributed by atoms with Gasteiger partial charge in [0.05, 0.1) is 5.30 Å². The SMILES string of the molecule is CC.CC.CC.CC.CC.CC.CC.CC.CC.CC.CC.CC.CC.CC.CC.c1ccc(N(c2ccccc2)c2ccc3c(c2)Oc2cccc4c2B3c2ccccc2N4c2ccccc2)cc1.c1ccc(N2c3ccccc3B3c4ccccc4Sc4cccc2c43)cc1.c1ccc2c(c1)Oc1cccc3c1B2c1ccccc1S3.c1ccc2c(c1)Oc1cccc3c1P2c1ccccc1O3. The zero-order valence-electron chi connectivity index (χ0n) is 88.8. The topological polar surface area (TPSA) is 46.6 Å². The predicted molar refractivity (Wildman–Crippen MR) is 627 cm³/mol. The summed E-state index contributed by atoms with van der Waals surface area (Å²) in [6.07, 6.45) is 0. The third-order valence-corrected chi connectivity index (χ3v) is 26.4. The summed E-state index contributed by atoms with van der Waals surface area (Å²) in [6.45, 7) is 60.7. The van der Waals surface area contributed by atoms with Crippen LogP contribution in [-0.4, -0.2) is 20.1 Å². The molecule has 0 radical (unpaired) electrons. The zero-order chi connectivity index (χ0) is 102. The van der Waals surface area contributed by atoms with Crippen LogP contribution in [0, 0.1) is 0 Å². The minimum atomic E-state index is -0.601. The first-order valence-electron chi connectivity index (χ1n) is 51.9. The fourth-order valence-corrected chi connectivity index (χ4v) is 21.8. The molecule has 0 saturated carbocycles. The van der Waals surface area contributed by atoms with Crippen molar-refractivity contribution in [2.24, 2.45) is 0 Å². The van der Waals surface area contributed by atoms with Gasteiger partial charge in [-0.3, -0.25) is 0 Å². The summed E-state index contributed by atoms with van der Waals surface area (Å²) < 4.78 is 25.0. The number of rotatable bonds is 5. The smallest absolute Gasteiger partial charge is 0.256 e. The van der Waals surface area contributed by atoms with Crippen molar-refractivity contribution < 1.29 is 18.9 Å². The lowest BCUT2D eigenvalue weighted by molar-refractivity contribution is 0.466. The Hall–Kier alpha value is -12.6. The fourth-order valence-electron chi connectivity index (χ4n) is 16.9. The molecule has 0 bridgehead atoms. The van der Waals surface area contributed by atoms with E-state index in [0.717, 1.165) is 74.4 Å². The van der Waals surface area contributed by atoms with Crippen LogP contribution < -0.4 is 98.7 Å². The maximum absolute atomic E-state index is 6.73. The molecule has 0 amide bonds. The third-order valence-electron chi connectivity index (χ3n) is 21.5. The standard InChI is InChI=1S/C36H25BN2O.C24H16BNS.C18H11BOS.C18H11O2P.15C2H6/c1-4-13-26(14-5-1)38(27-15-6-2-7-16-27)29-23-24-31-35(25-29)40-34-22-12-21-33-36(34)37(31)30-19-10-11-20-32(30)39(33)28-17-8-3-9-18-28;1-2-9-17(10-3-1)26-20-13-6-4-11-18(20)25-19-12-5-7-15-22(19)27-23-16-8-14-21(26)24(23)25;1-3-8-14-12(6-1)19-13-7-2-4-10-16(13)21-17-11-5-9-15(20-14)18(17)19;1-3-10-16-12(6-1)19-14-8-5-9-15-18(14)21(16)17-11-4-2-7-13(17)20-15;15*1-2/h1-25H;1-16H;2*1-11H;15*1-2H3. The number of ether oxygens (including phenoxy) is 4.